The van der Waals surface area contributed by atoms with Crippen molar-refractivity contribution in [1.29, 1.82) is 0 Å². The molecule has 2 rings (SSSR count). The van der Waals surface area contributed by atoms with E-state index in [1.54, 1.807) is 12.1 Å². The minimum Gasteiger partial charge on any atom is -0.317 e. The summed E-state index contributed by atoms with van der Waals surface area (Å²) in [5, 5.41) is 13.9. The van der Waals surface area contributed by atoms with Crippen LogP contribution in [-0.2, 0) is 6.42 Å². The third-order valence-corrected chi connectivity index (χ3v) is 3.54. The van der Waals surface area contributed by atoms with Gasteiger partial charge < -0.3 is 5.32 Å². The molecule has 0 aliphatic heterocycles. The van der Waals surface area contributed by atoms with Gasteiger partial charge in [0.1, 0.15) is 0 Å². The van der Waals surface area contributed by atoms with Crippen LogP contribution < -0.4 is 5.32 Å². The number of nitrogens with one attached hydrogen (secondary N) is 1. The van der Waals surface area contributed by atoms with E-state index in [1.807, 2.05) is 7.05 Å². The number of hydrogen-bond donors (Lipinski definition) is 1. The fourth-order valence-electron chi connectivity index (χ4n) is 2.33. The Balaban J connectivity index is 2.04. The summed E-state index contributed by atoms with van der Waals surface area (Å²) in [7, 11) is 1.91. The Morgan fingerprint density at radius 2 is 2.28 bits per heavy atom. The van der Waals surface area contributed by atoms with Crippen molar-refractivity contribution in [3.63, 3.8) is 0 Å². The van der Waals surface area contributed by atoms with Crippen LogP contribution in [-0.4, -0.2) is 18.0 Å². The number of aryl methyl sites for hydroxylation is 1. The maximum Gasteiger partial charge on any atom is 0.305 e. The normalized spacial score (nSPS) is 16.6. The maximum absolute atomic E-state index is 13.8. The predicted octanol–water partition coefficient (Wildman–Crippen LogP) is 2.66. The maximum atomic E-state index is 13.8. The molecule has 1 aliphatic carbocycles. The fourth-order valence-corrected chi connectivity index (χ4v) is 2.33. The van der Waals surface area contributed by atoms with Crippen LogP contribution in [0.15, 0.2) is 18.2 Å². The van der Waals surface area contributed by atoms with Crippen molar-refractivity contribution in [2.24, 2.45) is 5.92 Å². The number of nitro groups is 1. The molecule has 1 saturated carbocycles. The van der Waals surface area contributed by atoms with Gasteiger partial charge in [0.15, 0.2) is 0 Å². The van der Waals surface area contributed by atoms with E-state index in [2.05, 4.69) is 5.32 Å². The second-order valence-electron chi connectivity index (χ2n) is 4.78. The zero-order valence-electron chi connectivity index (χ0n) is 10.4. The molecule has 1 aromatic carbocycles. The highest BCUT2D eigenvalue weighted by Gasteiger charge is 2.30. The Morgan fingerprint density at radius 3 is 2.83 bits per heavy atom. The van der Waals surface area contributed by atoms with E-state index in [-0.39, 0.29) is 0 Å². The average Bonchev–Trinajstić information content (AvgIpc) is 3.16. The molecule has 18 heavy (non-hydrogen) atoms. The molecule has 0 aromatic heterocycles. The van der Waals surface area contributed by atoms with E-state index in [9.17, 15) is 14.5 Å². The second kappa shape index (κ2) is 5.44. The van der Waals surface area contributed by atoms with Crippen LogP contribution in [0.5, 0.6) is 0 Å². The summed E-state index contributed by atoms with van der Waals surface area (Å²) < 4.78 is 13.8. The third kappa shape index (κ3) is 2.85. The molecule has 4 nitrogen and oxygen atoms in total. The van der Waals surface area contributed by atoms with Crippen LogP contribution in [0, 0.1) is 21.8 Å². The molecule has 1 fully saturated rings. The highest BCUT2D eigenvalue weighted by molar-refractivity contribution is 5.36. The molecule has 1 N–H and O–H groups in total. The molecule has 98 valence electrons. The van der Waals surface area contributed by atoms with Gasteiger partial charge in [0, 0.05) is 12.1 Å². The largest absolute Gasteiger partial charge is 0.317 e. The van der Waals surface area contributed by atoms with Crippen molar-refractivity contribution in [3.05, 3.63) is 39.7 Å². The van der Waals surface area contributed by atoms with Crippen LogP contribution in [0.3, 0.4) is 0 Å². The van der Waals surface area contributed by atoms with Crippen LogP contribution in [0.25, 0.3) is 0 Å². The molecular formula is C13H17FN2O2. The lowest BCUT2D eigenvalue weighted by atomic mass is 10.0. The first-order chi connectivity index (χ1) is 8.63. The van der Waals surface area contributed by atoms with E-state index in [4.69, 9.17) is 0 Å². The second-order valence-corrected chi connectivity index (χ2v) is 4.78. The third-order valence-electron chi connectivity index (χ3n) is 3.54. The van der Waals surface area contributed by atoms with Crippen molar-refractivity contribution < 1.29 is 9.31 Å². The highest BCUT2D eigenvalue weighted by Crippen LogP contribution is 2.34. The van der Waals surface area contributed by atoms with Gasteiger partial charge in [-0.15, -0.1) is 0 Å². The van der Waals surface area contributed by atoms with Crippen molar-refractivity contribution in [2.75, 3.05) is 7.05 Å². The van der Waals surface area contributed by atoms with Crippen LogP contribution in [0.2, 0.25) is 0 Å². The SMILES string of the molecule is CNC(CCc1cccc([N+](=O)[O-])c1F)C1CC1. The molecule has 5 heteroatoms. The van der Waals surface area contributed by atoms with Crippen LogP contribution in [0.4, 0.5) is 10.1 Å². The fraction of sp³-hybridized carbons (Fsp3) is 0.538. The van der Waals surface area contributed by atoms with E-state index in [1.165, 1.54) is 18.9 Å². The van der Waals surface area contributed by atoms with Crippen molar-refractivity contribution >= 4 is 5.69 Å². The Bertz CT molecular complexity index is 447. The molecule has 1 unspecified atom stereocenters. The van der Waals surface area contributed by atoms with E-state index in [0.717, 1.165) is 6.42 Å². The summed E-state index contributed by atoms with van der Waals surface area (Å²) in [6, 6.07) is 4.77. The number of nitro benzene ring substituents is 1. The molecule has 0 bridgehead atoms. The summed E-state index contributed by atoms with van der Waals surface area (Å²) >= 11 is 0. The number of benzene rings is 1. The Morgan fingerprint density at radius 1 is 1.56 bits per heavy atom. The summed E-state index contributed by atoms with van der Waals surface area (Å²) in [5.41, 5.74) is 0.00466. The number of rotatable bonds is 6. The van der Waals surface area contributed by atoms with Crippen molar-refractivity contribution in [2.45, 2.75) is 31.7 Å². The first-order valence-corrected chi connectivity index (χ1v) is 6.22. The molecule has 0 spiro atoms. The van der Waals surface area contributed by atoms with Crippen LogP contribution in [0.1, 0.15) is 24.8 Å². The lowest BCUT2D eigenvalue weighted by Crippen LogP contribution is -2.27. The molecule has 0 radical (unpaired) electrons. The summed E-state index contributed by atoms with van der Waals surface area (Å²) in [6.07, 6.45) is 3.81. The zero-order chi connectivity index (χ0) is 13.1. The Hall–Kier alpha value is -1.49. The zero-order valence-corrected chi connectivity index (χ0v) is 10.4. The number of nitrogens with zero attached hydrogens (tertiary/aromatic N) is 1. The summed E-state index contributed by atoms with van der Waals surface area (Å²) in [5.74, 6) is 0.00455. The van der Waals surface area contributed by atoms with Crippen LogP contribution >= 0.6 is 0 Å². The van der Waals surface area contributed by atoms with E-state index >= 15 is 0 Å². The first kappa shape index (κ1) is 13.0. The van der Waals surface area contributed by atoms with Gasteiger partial charge in [0.25, 0.3) is 0 Å². The molecule has 0 saturated heterocycles. The Kier molecular flexibility index (Phi) is 3.91. The van der Waals surface area contributed by atoms with Gasteiger partial charge in [-0.2, -0.15) is 4.39 Å². The summed E-state index contributed by atoms with van der Waals surface area (Å²) in [6.45, 7) is 0. The minimum atomic E-state index is -0.687. The molecule has 1 aliphatic rings. The smallest absolute Gasteiger partial charge is 0.305 e. The lowest BCUT2D eigenvalue weighted by molar-refractivity contribution is -0.387. The standard InChI is InChI=1S/C13H17FN2O2/c1-15-11(9-5-6-9)8-7-10-3-2-4-12(13(10)14)16(17)18/h2-4,9,11,15H,5-8H2,1H3. The number of halogens is 1. The van der Waals surface area contributed by atoms with Crippen molar-refractivity contribution in [1.82, 2.24) is 5.32 Å². The Labute approximate surface area is 105 Å². The van der Waals surface area contributed by atoms with E-state index in [0.29, 0.717) is 23.9 Å². The monoisotopic (exact) mass is 252 g/mol. The molecule has 0 heterocycles. The predicted molar refractivity (Wildman–Crippen MR) is 66.9 cm³/mol. The molecular weight excluding hydrogens is 235 g/mol. The van der Waals surface area contributed by atoms with Crippen molar-refractivity contribution in [3.8, 4) is 0 Å². The van der Waals surface area contributed by atoms with Gasteiger partial charge in [0.2, 0.25) is 5.82 Å². The van der Waals surface area contributed by atoms with Gasteiger partial charge in [0.05, 0.1) is 4.92 Å². The average molecular weight is 252 g/mol. The lowest BCUT2D eigenvalue weighted by Gasteiger charge is -2.15. The van der Waals surface area contributed by atoms with E-state index < -0.39 is 16.4 Å². The molecule has 0 amide bonds. The minimum absolute atomic E-state index is 0.392. The summed E-state index contributed by atoms with van der Waals surface area (Å²) in [4.78, 5) is 9.97. The van der Waals surface area contributed by atoms with Gasteiger partial charge in [-0.05, 0) is 44.2 Å². The highest BCUT2D eigenvalue weighted by atomic mass is 19.1. The quantitative estimate of drug-likeness (QED) is 0.625. The van der Waals surface area contributed by atoms with Gasteiger partial charge in [-0.25, -0.2) is 0 Å². The topological polar surface area (TPSA) is 55.2 Å². The van der Waals surface area contributed by atoms with Gasteiger partial charge >= 0.3 is 5.69 Å². The number of hydrogen-bond acceptors (Lipinski definition) is 3. The van der Waals surface area contributed by atoms with Gasteiger partial charge in [-0.3, -0.25) is 10.1 Å². The molecule has 1 aromatic rings. The first-order valence-electron chi connectivity index (χ1n) is 6.22. The van der Waals surface area contributed by atoms with Gasteiger partial charge in [-0.1, -0.05) is 12.1 Å². The molecule has 1 atom stereocenters.